The number of nitrogens with one attached hydrogen (secondary N) is 1. The Morgan fingerprint density at radius 2 is 1.67 bits per heavy atom. The molecule has 156 valence electrons. The van der Waals surface area contributed by atoms with Gasteiger partial charge in [0.15, 0.2) is 0 Å². The number of methoxy groups -OCH3 is 1. The number of hydrogen-bond acceptors (Lipinski definition) is 4. The van der Waals surface area contributed by atoms with Gasteiger partial charge in [0.1, 0.15) is 5.75 Å². The van der Waals surface area contributed by atoms with E-state index in [1.807, 2.05) is 31.2 Å². The number of anilines is 1. The second kappa shape index (κ2) is 9.00. The van der Waals surface area contributed by atoms with Gasteiger partial charge in [0.25, 0.3) is 15.9 Å². The second-order valence-electron chi connectivity index (χ2n) is 6.87. The highest BCUT2D eigenvalue weighted by molar-refractivity contribution is 7.92. The Morgan fingerprint density at radius 1 is 1.00 bits per heavy atom. The fourth-order valence-electron chi connectivity index (χ4n) is 2.88. The first-order valence-corrected chi connectivity index (χ1v) is 10.8. The molecule has 7 heteroatoms. The summed E-state index contributed by atoms with van der Waals surface area (Å²) in [4.78, 5) is 12.7. The summed E-state index contributed by atoms with van der Waals surface area (Å²) in [5, 5.41) is 2.86. The average molecular weight is 425 g/mol. The Morgan fingerprint density at radius 3 is 2.30 bits per heavy atom. The molecule has 3 aromatic rings. The standard InChI is InChI=1S/C23H24N2O4S/c1-17-7-9-18(10-8-17)16-24-23(26)19-5-4-6-20(15-19)25(2)30(27,28)22-13-11-21(29-3)12-14-22/h4-15H,16H2,1-3H3,(H,24,26). The van der Waals surface area contributed by atoms with Gasteiger partial charge in [0.05, 0.1) is 17.7 Å². The largest absolute Gasteiger partial charge is 0.497 e. The normalized spacial score (nSPS) is 11.0. The molecule has 1 amide bonds. The van der Waals surface area contributed by atoms with Crippen LogP contribution in [0.1, 0.15) is 21.5 Å². The van der Waals surface area contributed by atoms with E-state index in [0.717, 1.165) is 15.4 Å². The molecule has 3 rings (SSSR count). The lowest BCUT2D eigenvalue weighted by molar-refractivity contribution is 0.0951. The van der Waals surface area contributed by atoms with Crippen molar-refractivity contribution in [2.45, 2.75) is 18.4 Å². The Labute approximate surface area is 177 Å². The molecule has 0 radical (unpaired) electrons. The van der Waals surface area contributed by atoms with Gasteiger partial charge in [-0.15, -0.1) is 0 Å². The first-order chi connectivity index (χ1) is 14.3. The third kappa shape index (κ3) is 4.80. The molecule has 0 aliphatic rings. The quantitative estimate of drug-likeness (QED) is 0.627. The molecule has 30 heavy (non-hydrogen) atoms. The first kappa shape index (κ1) is 21.4. The van der Waals surface area contributed by atoms with Gasteiger partial charge >= 0.3 is 0 Å². The van der Waals surface area contributed by atoms with Gasteiger partial charge in [-0.05, 0) is 55.0 Å². The van der Waals surface area contributed by atoms with Crippen molar-refractivity contribution < 1.29 is 17.9 Å². The topological polar surface area (TPSA) is 75.7 Å². The third-order valence-electron chi connectivity index (χ3n) is 4.76. The van der Waals surface area contributed by atoms with Gasteiger partial charge in [0.2, 0.25) is 0 Å². The maximum absolute atomic E-state index is 12.9. The summed E-state index contributed by atoms with van der Waals surface area (Å²) in [5.74, 6) is 0.302. The van der Waals surface area contributed by atoms with Crippen molar-refractivity contribution in [2.24, 2.45) is 0 Å². The van der Waals surface area contributed by atoms with Crippen LogP contribution in [0.2, 0.25) is 0 Å². The summed E-state index contributed by atoms with van der Waals surface area (Å²) in [6, 6.07) is 20.6. The van der Waals surface area contributed by atoms with Gasteiger partial charge in [-0.3, -0.25) is 9.10 Å². The number of carbonyl (C=O) groups is 1. The molecule has 0 aliphatic carbocycles. The van der Waals surface area contributed by atoms with Crippen molar-refractivity contribution in [2.75, 3.05) is 18.5 Å². The van der Waals surface area contributed by atoms with Gasteiger partial charge in [-0.2, -0.15) is 0 Å². The Kier molecular flexibility index (Phi) is 6.42. The molecular formula is C23H24N2O4S. The number of amides is 1. The number of ether oxygens (including phenoxy) is 1. The van der Waals surface area contributed by atoms with Crippen LogP contribution in [-0.2, 0) is 16.6 Å². The number of rotatable bonds is 7. The fourth-order valence-corrected chi connectivity index (χ4v) is 4.07. The summed E-state index contributed by atoms with van der Waals surface area (Å²) in [6.07, 6.45) is 0. The van der Waals surface area contributed by atoms with Crippen molar-refractivity contribution in [3.63, 3.8) is 0 Å². The van der Waals surface area contributed by atoms with Crippen LogP contribution >= 0.6 is 0 Å². The summed E-state index contributed by atoms with van der Waals surface area (Å²) < 4.78 is 32.1. The highest BCUT2D eigenvalue weighted by atomic mass is 32.2. The zero-order valence-electron chi connectivity index (χ0n) is 17.1. The fraction of sp³-hybridized carbons (Fsp3) is 0.174. The molecule has 0 spiro atoms. The summed E-state index contributed by atoms with van der Waals surface area (Å²) in [7, 11) is -0.793. The Hall–Kier alpha value is -3.32. The van der Waals surface area contributed by atoms with Gasteiger partial charge in [-0.1, -0.05) is 35.9 Å². The van der Waals surface area contributed by atoms with Crippen molar-refractivity contribution in [3.05, 3.63) is 89.5 Å². The molecule has 0 unspecified atom stereocenters. The lowest BCUT2D eigenvalue weighted by atomic mass is 10.1. The number of carbonyl (C=O) groups excluding carboxylic acids is 1. The van der Waals surface area contributed by atoms with Crippen LogP contribution in [0.4, 0.5) is 5.69 Å². The van der Waals surface area contributed by atoms with Crippen molar-refractivity contribution >= 4 is 21.6 Å². The number of aryl methyl sites for hydroxylation is 1. The highest BCUT2D eigenvalue weighted by Crippen LogP contribution is 2.24. The minimum absolute atomic E-state index is 0.139. The maximum atomic E-state index is 12.9. The minimum atomic E-state index is -3.77. The van der Waals surface area contributed by atoms with E-state index in [0.29, 0.717) is 23.5 Å². The predicted molar refractivity (Wildman–Crippen MR) is 117 cm³/mol. The van der Waals surface area contributed by atoms with Crippen LogP contribution in [0.3, 0.4) is 0 Å². The summed E-state index contributed by atoms with van der Waals surface area (Å²) in [6.45, 7) is 2.40. The van der Waals surface area contributed by atoms with Crippen LogP contribution in [0.15, 0.2) is 77.7 Å². The monoisotopic (exact) mass is 424 g/mol. The maximum Gasteiger partial charge on any atom is 0.264 e. The van der Waals surface area contributed by atoms with Crippen molar-refractivity contribution in [1.82, 2.24) is 5.32 Å². The predicted octanol–water partition coefficient (Wildman–Crippen LogP) is 3.76. The van der Waals surface area contributed by atoms with Crippen molar-refractivity contribution in [3.8, 4) is 5.75 Å². The van der Waals surface area contributed by atoms with E-state index in [1.54, 1.807) is 36.4 Å². The second-order valence-corrected chi connectivity index (χ2v) is 8.84. The molecule has 3 aromatic carbocycles. The number of nitrogens with zero attached hydrogens (tertiary/aromatic N) is 1. The Balaban J connectivity index is 1.76. The lowest BCUT2D eigenvalue weighted by Crippen LogP contribution is -2.27. The molecule has 0 atom stereocenters. The molecule has 0 bridgehead atoms. The van der Waals surface area contributed by atoms with E-state index in [4.69, 9.17) is 4.74 Å². The molecule has 0 saturated heterocycles. The molecule has 0 saturated carbocycles. The molecule has 1 N–H and O–H groups in total. The van der Waals surface area contributed by atoms with Crippen LogP contribution < -0.4 is 14.4 Å². The Bertz CT molecular complexity index is 1120. The van der Waals surface area contributed by atoms with Crippen LogP contribution in [0.5, 0.6) is 5.75 Å². The van der Waals surface area contributed by atoms with Crippen molar-refractivity contribution in [1.29, 1.82) is 0 Å². The van der Waals surface area contributed by atoms with Gasteiger partial charge in [0, 0.05) is 19.2 Å². The van der Waals surface area contributed by atoms with E-state index in [9.17, 15) is 13.2 Å². The van der Waals surface area contributed by atoms with Gasteiger partial charge < -0.3 is 10.1 Å². The first-order valence-electron chi connectivity index (χ1n) is 9.38. The van der Waals surface area contributed by atoms with E-state index in [-0.39, 0.29) is 10.8 Å². The number of sulfonamides is 1. The zero-order chi connectivity index (χ0) is 21.7. The van der Waals surface area contributed by atoms with Crippen LogP contribution in [0, 0.1) is 6.92 Å². The molecular weight excluding hydrogens is 400 g/mol. The number of benzene rings is 3. The molecule has 6 nitrogen and oxygen atoms in total. The SMILES string of the molecule is COc1ccc(S(=O)(=O)N(C)c2cccc(C(=O)NCc3ccc(C)cc3)c2)cc1. The number of hydrogen-bond donors (Lipinski definition) is 1. The van der Waals surface area contributed by atoms with E-state index in [2.05, 4.69) is 5.32 Å². The third-order valence-corrected chi connectivity index (χ3v) is 6.56. The lowest BCUT2D eigenvalue weighted by Gasteiger charge is -2.20. The van der Waals surface area contributed by atoms with E-state index >= 15 is 0 Å². The summed E-state index contributed by atoms with van der Waals surface area (Å²) >= 11 is 0. The zero-order valence-corrected chi connectivity index (χ0v) is 17.9. The minimum Gasteiger partial charge on any atom is -0.497 e. The summed E-state index contributed by atoms with van der Waals surface area (Å²) in [5.41, 5.74) is 2.92. The average Bonchev–Trinajstić information content (AvgIpc) is 2.78. The molecule has 0 aromatic heterocycles. The highest BCUT2D eigenvalue weighted by Gasteiger charge is 2.22. The van der Waals surface area contributed by atoms with Gasteiger partial charge in [-0.25, -0.2) is 8.42 Å². The smallest absolute Gasteiger partial charge is 0.264 e. The molecule has 0 fully saturated rings. The molecule has 0 aliphatic heterocycles. The van der Waals surface area contributed by atoms with E-state index < -0.39 is 10.0 Å². The van der Waals surface area contributed by atoms with E-state index in [1.165, 1.54) is 26.3 Å². The van der Waals surface area contributed by atoms with Crippen LogP contribution in [0.25, 0.3) is 0 Å². The molecule has 0 heterocycles. The van der Waals surface area contributed by atoms with Crippen LogP contribution in [-0.4, -0.2) is 28.5 Å².